The van der Waals surface area contributed by atoms with E-state index in [9.17, 15) is 4.79 Å². The number of fused-ring (bicyclic) bond motifs is 1. The van der Waals surface area contributed by atoms with Crippen LogP contribution in [0.15, 0.2) is 28.7 Å². The smallest absolute Gasteiger partial charge is 0.200 e. The van der Waals surface area contributed by atoms with Crippen molar-refractivity contribution >= 4 is 16.8 Å². The van der Waals surface area contributed by atoms with Crippen LogP contribution >= 0.6 is 0 Å². The minimum atomic E-state index is -0.0677. The van der Waals surface area contributed by atoms with Gasteiger partial charge in [0.25, 0.3) is 0 Å². The van der Waals surface area contributed by atoms with E-state index in [4.69, 9.17) is 9.15 Å². The number of rotatable bonds is 6. The fourth-order valence-corrected chi connectivity index (χ4v) is 2.06. The van der Waals surface area contributed by atoms with Gasteiger partial charge in [-0.2, -0.15) is 0 Å². The van der Waals surface area contributed by atoms with Crippen LogP contribution in [0.2, 0.25) is 0 Å². The zero-order valence-electron chi connectivity index (χ0n) is 12.4. The fourth-order valence-electron chi connectivity index (χ4n) is 2.06. The van der Waals surface area contributed by atoms with Crippen molar-refractivity contribution in [2.24, 2.45) is 5.92 Å². The first-order valence-electron chi connectivity index (χ1n) is 6.90. The molecule has 2 aromatic rings. The molecule has 108 valence electrons. The van der Waals surface area contributed by atoms with Crippen molar-refractivity contribution in [2.45, 2.75) is 26.9 Å². The SMILES string of the molecule is CNC[C@H](C)Oc1ccc2oc(C(=O)C(C)C)cc2c1. The lowest BCUT2D eigenvalue weighted by Crippen LogP contribution is -2.25. The van der Waals surface area contributed by atoms with Crippen molar-refractivity contribution in [1.29, 1.82) is 0 Å². The maximum Gasteiger partial charge on any atom is 0.200 e. The summed E-state index contributed by atoms with van der Waals surface area (Å²) in [5.74, 6) is 1.15. The second-order valence-electron chi connectivity index (χ2n) is 5.32. The van der Waals surface area contributed by atoms with E-state index >= 15 is 0 Å². The monoisotopic (exact) mass is 275 g/mol. The van der Waals surface area contributed by atoms with Crippen LogP contribution < -0.4 is 10.1 Å². The third-order valence-electron chi connectivity index (χ3n) is 3.08. The van der Waals surface area contributed by atoms with Gasteiger partial charge in [0.2, 0.25) is 5.78 Å². The van der Waals surface area contributed by atoms with Gasteiger partial charge in [0.05, 0.1) is 0 Å². The molecule has 20 heavy (non-hydrogen) atoms. The Bertz CT molecular complexity index is 601. The van der Waals surface area contributed by atoms with E-state index in [2.05, 4.69) is 5.32 Å². The summed E-state index contributed by atoms with van der Waals surface area (Å²) in [5, 5.41) is 3.96. The van der Waals surface area contributed by atoms with Crippen molar-refractivity contribution in [2.75, 3.05) is 13.6 Å². The second-order valence-corrected chi connectivity index (χ2v) is 5.32. The number of hydrogen-bond acceptors (Lipinski definition) is 4. The minimum absolute atomic E-state index is 0.0206. The van der Waals surface area contributed by atoms with Gasteiger partial charge in [-0.1, -0.05) is 13.8 Å². The molecule has 2 rings (SSSR count). The molecule has 0 amide bonds. The molecule has 0 aliphatic heterocycles. The number of carbonyl (C=O) groups excluding carboxylic acids is 1. The Labute approximate surface area is 119 Å². The Balaban J connectivity index is 2.23. The molecule has 0 fully saturated rings. The highest BCUT2D eigenvalue weighted by molar-refractivity contribution is 5.98. The highest BCUT2D eigenvalue weighted by Gasteiger charge is 2.16. The van der Waals surface area contributed by atoms with Crippen molar-refractivity contribution in [3.05, 3.63) is 30.0 Å². The van der Waals surface area contributed by atoms with Gasteiger partial charge < -0.3 is 14.5 Å². The molecule has 1 aromatic carbocycles. The van der Waals surface area contributed by atoms with E-state index in [0.717, 1.165) is 17.7 Å². The zero-order chi connectivity index (χ0) is 14.7. The molecule has 4 heteroatoms. The lowest BCUT2D eigenvalue weighted by atomic mass is 10.1. The Morgan fingerprint density at radius 1 is 1.30 bits per heavy atom. The quantitative estimate of drug-likeness (QED) is 0.822. The van der Waals surface area contributed by atoms with E-state index in [0.29, 0.717) is 11.3 Å². The number of Topliss-reactive ketones (excluding diaryl/α,β-unsaturated/α-hetero) is 1. The Kier molecular flexibility index (Phi) is 4.45. The lowest BCUT2D eigenvalue weighted by Gasteiger charge is -2.13. The van der Waals surface area contributed by atoms with Crippen LogP contribution in [-0.4, -0.2) is 25.5 Å². The van der Waals surface area contributed by atoms with Crippen LogP contribution in [0.4, 0.5) is 0 Å². The van der Waals surface area contributed by atoms with Crippen LogP contribution in [0.5, 0.6) is 5.75 Å². The van der Waals surface area contributed by atoms with Gasteiger partial charge >= 0.3 is 0 Å². The molecule has 1 N–H and O–H groups in total. The summed E-state index contributed by atoms with van der Waals surface area (Å²) in [7, 11) is 1.89. The maximum atomic E-state index is 11.9. The summed E-state index contributed by atoms with van der Waals surface area (Å²) in [5.41, 5.74) is 0.711. The number of ketones is 1. The standard InChI is InChI=1S/C16H21NO3/c1-10(2)16(18)15-8-12-7-13(5-6-14(12)20-15)19-11(3)9-17-4/h5-8,10-11,17H,9H2,1-4H3/t11-/m0/s1. The molecule has 0 spiro atoms. The zero-order valence-corrected chi connectivity index (χ0v) is 12.4. The molecule has 0 unspecified atom stereocenters. The molecule has 0 aliphatic carbocycles. The van der Waals surface area contributed by atoms with Crippen LogP contribution in [0.1, 0.15) is 31.3 Å². The average molecular weight is 275 g/mol. The third-order valence-corrected chi connectivity index (χ3v) is 3.08. The summed E-state index contributed by atoms with van der Waals surface area (Å²) >= 11 is 0. The van der Waals surface area contributed by atoms with Crippen LogP contribution in [-0.2, 0) is 0 Å². The molecule has 1 atom stereocenters. The van der Waals surface area contributed by atoms with Crippen molar-refractivity contribution in [3.8, 4) is 5.75 Å². The summed E-state index contributed by atoms with van der Waals surface area (Å²) in [4.78, 5) is 11.9. The van der Waals surface area contributed by atoms with Crippen molar-refractivity contribution < 1.29 is 13.9 Å². The van der Waals surface area contributed by atoms with E-state index in [1.807, 2.05) is 46.0 Å². The van der Waals surface area contributed by atoms with E-state index in [1.54, 1.807) is 6.07 Å². The van der Waals surface area contributed by atoms with Crippen LogP contribution in [0.25, 0.3) is 11.0 Å². The largest absolute Gasteiger partial charge is 0.489 e. The molecule has 1 heterocycles. The number of furan rings is 1. The maximum absolute atomic E-state index is 11.9. The first kappa shape index (κ1) is 14.6. The summed E-state index contributed by atoms with van der Waals surface area (Å²) in [6, 6.07) is 7.39. The van der Waals surface area contributed by atoms with Crippen molar-refractivity contribution in [1.82, 2.24) is 5.32 Å². The van der Waals surface area contributed by atoms with Gasteiger partial charge in [0.15, 0.2) is 5.76 Å². The van der Waals surface area contributed by atoms with Crippen molar-refractivity contribution in [3.63, 3.8) is 0 Å². The number of likely N-dealkylation sites (N-methyl/N-ethyl adjacent to an activating group) is 1. The van der Waals surface area contributed by atoms with E-state index in [1.165, 1.54) is 0 Å². The van der Waals surface area contributed by atoms with Gasteiger partial charge in [-0.25, -0.2) is 0 Å². The van der Waals surface area contributed by atoms with Gasteiger partial charge in [-0.3, -0.25) is 4.79 Å². The number of benzene rings is 1. The van der Waals surface area contributed by atoms with Gasteiger partial charge in [-0.15, -0.1) is 0 Å². The summed E-state index contributed by atoms with van der Waals surface area (Å²) in [6.45, 7) is 6.51. The van der Waals surface area contributed by atoms with E-state index < -0.39 is 0 Å². The lowest BCUT2D eigenvalue weighted by molar-refractivity contribution is 0.0913. The predicted molar refractivity (Wildman–Crippen MR) is 79.4 cm³/mol. The Morgan fingerprint density at radius 2 is 2.05 bits per heavy atom. The van der Waals surface area contributed by atoms with Gasteiger partial charge in [0.1, 0.15) is 17.4 Å². The van der Waals surface area contributed by atoms with Gasteiger partial charge in [-0.05, 0) is 38.2 Å². The molecular weight excluding hydrogens is 254 g/mol. The topological polar surface area (TPSA) is 51.5 Å². The molecule has 0 aliphatic rings. The molecular formula is C16H21NO3. The number of ether oxygens (including phenoxy) is 1. The number of nitrogens with one attached hydrogen (secondary N) is 1. The molecule has 0 saturated carbocycles. The third kappa shape index (κ3) is 3.20. The normalized spacial score (nSPS) is 12.8. The number of carbonyl (C=O) groups is 1. The summed E-state index contributed by atoms with van der Waals surface area (Å²) < 4.78 is 11.4. The Morgan fingerprint density at radius 3 is 2.70 bits per heavy atom. The fraction of sp³-hybridized carbons (Fsp3) is 0.438. The molecule has 4 nitrogen and oxygen atoms in total. The Hall–Kier alpha value is -1.81. The van der Waals surface area contributed by atoms with Gasteiger partial charge in [0, 0.05) is 17.8 Å². The van der Waals surface area contributed by atoms with E-state index in [-0.39, 0.29) is 17.8 Å². The van der Waals surface area contributed by atoms with Crippen LogP contribution in [0, 0.1) is 5.92 Å². The molecule has 0 bridgehead atoms. The second kappa shape index (κ2) is 6.09. The minimum Gasteiger partial charge on any atom is -0.489 e. The highest BCUT2D eigenvalue weighted by Crippen LogP contribution is 2.26. The molecule has 0 saturated heterocycles. The first-order valence-corrected chi connectivity index (χ1v) is 6.90. The number of hydrogen-bond donors (Lipinski definition) is 1. The predicted octanol–water partition coefficient (Wildman–Crippen LogP) is 3.26. The van der Waals surface area contributed by atoms with Crippen LogP contribution in [0.3, 0.4) is 0 Å². The first-order chi connectivity index (χ1) is 9.51. The molecule has 1 aromatic heterocycles. The average Bonchev–Trinajstić information content (AvgIpc) is 2.80. The molecule has 0 radical (unpaired) electrons. The highest BCUT2D eigenvalue weighted by atomic mass is 16.5. The summed E-state index contributed by atoms with van der Waals surface area (Å²) in [6.07, 6.45) is 0.0844.